The van der Waals surface area contributed by atoms with Crippen LogP contribution in [0.1, 0.15) is 70.3 Å². The zero-order chi connectivity index (χ0) is 25.0. The van der Waals surface area contributed by atoms with Gasteiger partial charge in [-0.25, -0.2) is 0 Å². The first-order chi connectivity index (χ1) is 15.9. The Hall–Kier alpha value is -1.73. The van der Waals surface area contributed by atoms with Gasteiger partial charge in [0, 0.05) is 0 Å². The minimum Gasteiger partial charge on any atom is -0.487 e. The van der Waals surface area contributed by atoms with E-state index in [0.717, 1.165) is 36.2 Å². The van der Waals surface area contributed by atoms with Gasteiger partial charge in [-0.15, -0.1) is 0 Å². The molecule has 0 bridgehead atoms. The topological polar surface area (TPSA) is 9.23 Å². The van der Waals surface area contributed by atoms with Crippen LogP contribution in [0.4, 0.5) is 30.7 Å². The second kappa shape index (κ2) is 10.9. The Morgan fingerprint density at radius 1 is 0.794 bits per heavy atom. The van der Waals surface area contributed by atoms with Gasteiger partial charge in [-0.3, -0.25) is 0 Å². The summed E-state index contributed by atoms with van der Waals surface area (Å²) in [6.45, 7) is 0.208. The Labute approximate surface area is 196 Å². The van der Waals surface area contributed by atoms with Crippen molar-refractivity contribution in [3.8, 4) is 5.75 Å². The molecule has 0 aliphatic heterocycles. The molecule has 2 aliphatic rings. The van der Waals surface area contributed by atoms with Crippen LogP contribution in [0.3, 0.4) is 0 Å². The largest absolute Gasteiger partial charge is 0.487 e. The highest BCUT2D eigenvalue weighted by Gasteiger charge is 2.73. The van der Waals surface area contributed by atoms with Crippen molar-refractivity contribution in [2.45, 2.75) is 82.7 Å². The average Bonchev–Trinajstić information content (AvgIpc) is 2.82. The number of rotatable bonds is 8. The van der Waals surface area contributed by atoms with Gasteiger partial charge in [-0.1, -0.05) is 50.5 Å². The minimum atomic E-state index is -6.36. The maximum Gasteiger partial charge on any atom is 0.460 e. The number of hydrogen-bond donors (Lipinski definition) is 0. The summed E-state index contributed by atoms with van der Waals surface area (Å²) in [5.74, 6) is -8.68. The van der Waals surface area contributed by atoms with Crippen molar-refractivity contribution in [2.24, 2.45) is 23.7 Å². The number of ether oxygens (including phenoxy) is 1. The number of allylic oxidation sites excluding steroid dienone is 1. The molecule has 0 amide bonds. The monoisotopic (exact) mass is 494 g/mol. The van der Waals surface area contributed by atoms with Crippen molar-refractivity contribution in [3.05, 3.63) is 35.9 Å². The standard InChI is InChI=1S/C26H33F7O/c1-2-18-5-11-21(12-6-18)22-13-7-19(8-14-22)3-4-20-9-15-23(16-10-20)34-17-24(27,28)25(29,30)26(31,32)33/h3-4,9-10,15-16,18-19,21-22H,2,5-8,11-14,17H2,1H3/t18-,19-,21-,22-. The van der Waals surface area contributed by atoms with Crippen molar-refractivity contribution in [1.29, 1.82) is 0 Å². The van der Waals surface area contributed by atoms with Gasteiger partial charge in [-0.2, -0.15) is 30.7 Å². The van der Waals surface area contributed by atoms with E-state index < -0.39 is 24.6 Å². The van der Waals surface area contributed by atoms with Crippen LogP contribution in [0, 0.1) is 23.7 Å². The number of alkyl halides is 7. The van der Waals surface area contributed by atoms with E-state index in [1.54, 1.807) is 12.1 Å². The molecule has 8 heteroatoms. The maximum absolute atomic E-state index is 13.4. The zero-order valence-electron chi connectivity index (χ0n) is 19.4. The van der Waals surface area contributed by atoms with E-state index in [1.165, 1.54) is 57.1 Å². The highest BCUT2D eigenvalue weighted by Crippen LogP contribution is 2.46. The lowest BCUT2D eigenvalue weighted by molar-refractivity contribution is -0.358. The Kier molecular flexibility index (Phi) is 8.61. The summed E-state index contributed by atoms with van der Waals surface area (Å²) in [6, 6.07) is 5.68. The third-order valence-corrected chi connectivity index (χ3v) is 7.63. The van der Waals surface area contributed by atoms with Gasteiger partial charge >= 0.3 is 18.0 Å². The minimum absolute atomic E-state index is 0.201. The van der Waals surface area contributed by atoms with E-state index in [9.17, 15) is 30.7 Å². The number of halogens is 7. The first-order valence-electron chi connectivity index (χ1n) is 12.2. The van der Waals surface area contributed by atoms with Crippen molar-refractivity contribution >= 4 is 6.08 Å². The van der Waals surface area contributed by atoms with E-state index in [0.29, 0.717) is 5.92 Å². The van der Waals surface area contributed by atoms with Crippen molar-refractivity contribution in [2.75, 3.05) is 6.61 Å². The lowest BCUT2D eigenvalue weighted by atomic mass is 9.69. The van der Waals surface area contributed by atoms with Crippen LogP contribution < -0.4 is 4.74 Å². The fourth-order valence-electron chi connectivity index (χ4n) is 5.27. The maximum atomic E-state index is 13.4. The first-order valence-corrected chi connectivity index (χ1v) is 12.2. The summed E-state index contributed by atoms with van der Waals surface area (Å²) in [5.41, 5.74) is 0.778. The molecular formula is C26H33F7O. The van der Waals surface area contributed by atoms with Gasteiger partial charge in [0.1, 0.15) is 5.75 Å². The average molecular weight is 495 g/mol. The second-order valence-corrected chi connectivity index (χ2v) is 9.86. The molecular weight excluding hydrogens is 461 g/mol. The van der Waals surface area contributed by atoms with Crippen LogP contribution in [-0.4, -0.2) is 24.6 Å². The summed E-state index contributed by atoms with van der Waals surface area (Å²) >= 11 is 0. The Morgan fingerprint density at radius 2 is 1.32 bits per heavy atom. The van der Waals surface area contributed by atoms with Crippen LogP contribution in [0.25, 0.3) is 6.08 Å². The summed E-state index contributed by atoms with van der Waals surface area (Å²) in [4.78, 5) is 0. The summed E-state index contributed by atoms with van der Waals surface area (Å²) < 4.78 is 93.7. The third-order valence-electron chi connectivity index (χ3n) is 7.63. The summed E-state index contributed by atoms with van der Waals surface area (Å²) in [5, 5.41) is 0. The van der Waals surface area contributed by atoms with Crippen molar-refractivity contribution < 1.29 is 35.5 Å². The highest BCUT2D eigenvalue weighted by atomic mass is 19.4. The van der Waals surface area contributed by atoms with Crippen LogP contribution in [-0.2, 0) is 0 Å². The van der Waals surface area contributed by atoms with Crippen LogP contribution in [0.2, 0.25) is 0 Å². The number of benzene rings is 1. The van der Waals surface area contributed by atoms with Crippen molar-refractivity contribution in [1.82, 2.24) is 0 Å². The quantitative estimate of drug-likeness (QED) is 0.328. The predicted molar refractivity (Wildman–Crippen MR) is 118 cm³/mol. The fraction of sp³-hybridized carbons (Fsp3) is 0.692. The highest BCUT2D eigenvalue weighted by molar-refractivity contribution is 5.50. The van der Waals surface area contributed by atoms with E-state index in [2.05, 4.69) is 17.7 Å². The van der Waals surface area contributed by atoms with Gasteiger partial charge in [0.05, 0.1) is 0 Å². The molecule has 0 aromatic heterocycles. The molecule has 0 radical (unpaired) electrons. The molecule has 0 N–H and O–H groups in total. The van der Waals surface area contributed by atoms with Crippen LogP contribution in [0.15, 0.2) is 30.3 Å². The van der Waals surface area contributed by atoms with Gasteiger partial charge in [0.25, 0.3) is 0 Å². The molecule has 192 valence electrons. The van der Waals surface area contributed by atoms with Gasteiger partial charge in [0.15, 0.2) is 6.61 Å². The van der Waals surface area contributed by atoms with Crippen LogP contribution >= 0.6 is 0 Å². The lowest BCUT2D eigenvalue weighted by Crippen LogP contribution is -2.54. The van der Waals surface area contributed by atoms with E-state index in [4.69, 9.17) is 0 Å². The zero-order valence-corrected chi connectivity index (χ0v) is 19.4. The van der Waals surface area contributed by atoms with E-state index in [-0.39, 0.29) is 5.75 Å². The SMILES string of the molecule is CC[C@H]1CC[C@H]([C@H]2CC[C@H](C=Cc3ccc(OCC(F)(F)C(F)(F)C(F)(F)F)cc3)CC2)CC1. The molecule has 0 heterocycles. The smallest absolute Gasteiger partial charge is 0.460 e. The molecule has 1 nitrogen and oxygen atoms in total. The lowest BCUT2D eigenvalue weighted by Gasteiger charge is -2.37. The second-order valence-electron chi connectivity index (χ2n) is 9.86. The molecule has 2 fully saturated rings. The molecule has 0 unspecified atom stereocenters. The summed E-state index contributed by atoms with van der Waals surface area (Å²) in [6.07, 6.45) is 9.19. The Morgan fingerprint density at radius 3 is 1.82 bits per heavy atom. The molecule has 2 saturated carbocycles. The van der Waals surface area contributed by atoms with Gasteiger partial charge in [-0.05, 0) is 79.9 Å². The molecule has 1 aromatic rings. The molecule has 0 spiro atoms. The number of hydrogen-bond acceptors (Lipinski definition) is 1. The van der Waals surface area contributed by atoms with Crippen LogP contribution in [0.5, 0.6) is 5.75 Å². The molecule has 2 aliphatic carbocycles. The molecule has 0 atom stereocenters. The van der Waals surface area contributed by atoms with E-state index in [1.807, 2.05) is 6.08 Å². The molecule has 3 rings (SSSR count). The normalized spacial score (nSPS) is 27.2. The molecule has 1 aromatic carbocycles. The van der Waals surface area contributed by atoms with Crippen molar-refractivity contribution in [3.63, 3.8) is 0 Å². The Balaban J connectivity index is 1.45. The van der Waals surface area contributed by atoms with Gasteiger partial charge < -0.3 is 4.74 Å². The third kappa shape index (κ3) is 6.48. The Bertz CT molecular complexity index is 784. The van der Waals surface area contributed by atoms with Gasteiger partial charge in [0.2, 0.25) is 0 Å². The fourth-order valence-corrected chi connectivity index (χ4v) is 5.27. The molecule has 0 saturated heterocycles. The van der Waals surface area contributed by atoms with E-state index >= 15 is 0 Å². The summed E-state index contributed by atoms with van der Waals surface area (Å²) in [7, 11) is 0. The molecule has 34 heavy (non-hydrogen) atoms. The first kappa shape index (κ1) is 26.9. The predicted octanol–water partition coefficient (Wildman–Crippen LogP) is 8.93.